The fourth-order valence-corrected chi connectivity index (χ4v) is 1.17. The van der Waals surface area contributed by atoms with Crippen molar-refractivity contribution < 1.29 is 4.74 Å². The summed E-state index contributed by atoms with van der Waals surface area (Å²) < 4.78 is 3.39. The zero-order valence-electron chi connectivity index (χ0n) is 8.01. The molecule has 0 saturated heterocycles. The lowest BCUT2D eigenvalue weighted by atomic mass is 10.1. The lowest BCUT2D eigenvalue weighted by Crippen LogP contribution is -2.22. The van der Waals surface area contributed by atoms with Gasteiger partial charge < -0.3 is 4.74 Å². The maximum atomic E-state index is 7.40. The van der Waals surface area contributed by atoms with Crippen molar-refractivity contribution >= 4 is 40.7 Å². The molecule has 2 nitrogen and oxygen atoms in total. The Hall–Kier alpha value is -0.440. The Balaban J connectivity index is 2.65. The zero-order chi connectivity index (χ0) is 11.5. The first-order valence-electron chi connectivity index (χ1n) is 4.28. The van der Waals surface area contributed by atoms with Gasteiger partial charge in [-0.05, 0) is 12.5 Å². The van der Waals surface area contributed by atoms with E-state index in [9.17, 15) is 0 Å². The van der Waals surface area contributed by atoms with Crippen LogP contribution in [0, 0.1) is 5.41 Å². The lowest BCUT2D eigenvalue weighted by molar-refractivity contribution is 0.206. The van der Waals surface area contributed by atoms with Gasteiger partial charge in [-0.1, -0.05) is 65.1 Å². The molecular formula is C10H10Cl3NO. The molecule has 1 aromatic rings. The van der Waals surface area contributed by atoms with E-state index in [1.807, 2.05) is 30.3 Å². The van der Waals surface area contributed by atoms with Crippen LogP contribution in [0.3, 0.4) is 0 Å². The Bertz CT molecular complexity index is 334. The van der Waals surface area contributed by atoms with Crippen LogP contribution in [0.25, 0.3) is 0 Å². The smallest absolute Gasteiger partial charge is 0.265 e. The third-order valence-corrected chi connectivity index (χ3v) is 2.34. The van der Waals surface area contributed by atoms with E-state index in [-0.39, 0.29) is 12.0 Å². The molecule has 0 fully saturated rings. The van der Waals surface area contributed by atoms with Crippen molar-refractivity contribution in [3.63, 3.8) is 0 Å². The van der Waals surface area contributed by atoms with Crippen LogP contribution in [0.4, 0.5) is 0 Å². The Labute approximate surface area is 104 Å². The average molecular weight is 267 g/mol. The van der Waals surface area contributed by atoms with Crippen molar-refractivity contribution in [2.75, 3.05) is 0 Å². The second-order valence-electron chi connectivity index (χ2n) is 3.00. The molecule has 0 unspecified atom stereocenters. The van der Waals surface area contributed by atoms with Gasteiger partial charge in [-0.25, -0.2) is 0 Å². The third kappa shape index (κ3) is 3.90. The van der Waals surface area contributed by atoms with E-state index in [1.54, 1.807) is 6.92 Å². The quantitative estimate of drug-likeness (QED) is 0.488. The average Bonchev–Trinajstić information content (AvgIpc) is 2.17. The monoisotopic (exact) mass is 265 g/mol. The molecule has 0 radical (unpaired) electrons. The molecule has 0 aliphatic carbocycles. The van der Waals surface area contributed by atoms with Crippen molar-refractivity contribution in [1.82, 2.24) is 0 Å². The molecule has 1 atom stereocenters. The minimum absolute atomic E-state index is 0.311. The molecule has 0 saturated carbocycles. The minimum atomic E-state index is -1.80. The van der Waals surface area contributed by atoms with Crippen LogP contribution >= 0.6 is 34.8 Å². The van der Waals surface area contributed by atoms with Gasteiger partial charge >= 0.3 is 0 Å². The van der Waals surface area contributed by atoms with E-state index in [4.69, 9.17) is 44.9 Å². The van der Waals surface area contributed by atoms with Crippen LogP contribution in [0.2, 0.25) is 0 Å². The Morgan fingerprint density at radius 2 is 1.80 bits per heavy atom. The second kappa shape index (κ2) is 5.06. The summed E-state index contributed by atoms with van der Waals surface area (Å²) in [5.74, 6) is -0.371. The van der Waals surface area contributed by atoms with E-state index >= 15 is 0 Å². The SMILES string of the molecule is C[C@H](OC(=N)C(Cl)(Cl)Cl)c1ccccc1. The molecule has 0 aliphatic rings. The van der Waals surface area contributed by atoms with Crippen molar-refractivity contribution in [1.29, 1.82) is 5.41 Å². The van der Waals surface area contributed by atoms with Crippen molar-refractivity contribution in [2.45, 2.75) is 16.8 Å². The largest absolute Gasteiger partial charge is 0.470 e. The molecule has 0 aliphatic heterocycles. The van der Waals surface area contributed by atoms with Gasteiger partial charge in [0, 0.05) is 0 Å². The second-order valence-corrected chi connectivity index (χ2v) is 5.28. The van der Waals surface area contributed by atoms with Crippen LogP contribution in [-0.4, -0.2) is 9.69 Å². The Morgan fingerprint density at radius 1 is 1.27 bits per heavy atom. The highest BCUT2D eigenvalue weighted by atomic mass is 35.6. The number of benzene rings is 1. The molecule has 82 valence electrons. The molecule has 0 spiro atoms. The molecule has 0 aromatic heterocycles. The first-order chi connectivity index (χ1) is 6.91. The number of nitrogens with one attached hydrogen (secondary N) is 1. The molecule has 1 N–H and O–H groups in total. The predicted molar refractivity (Wildman–Crippen MR) is 64.0 cm³/mol. The van der Waals surface area contributed by atoms with E-state index in [2.05, 4.69) is 0 Å². The van der Waals surface area contributed by atoms with E-state index in [0.717, 1.165) is 5.56 Å². The molecule has 1 aromatic carbocycles. The number of hydrogen-bond donors (Lipinski definition) is 1. The summed E-state index contributed by atoms with van der Waals surface area (Å²) in [7, 11) is 0. The molecule has 0 bridgehead atoms. The summed E-state index contributed by atoms with van der Waals surface area (Å²) in [6.45, 7) is 1.79. The highest BCUT2D eigenvalue weighted by Gasteiger charge is 2.30. The Kier molecular flexibility index (Phi) is 4.26. The van der Waals surface area contributed by atoms with Gasteiger partial charge in [0.2, 0.25) is 5.90 Å². The minimum Gasteiger partial charge on any atom is -0.470 e. The number of hydrogen-bond acceptors (Lipinski definition) is 2. The fourth-order valence-electron chi connectivity index (χ4n) is 1.04. The summed E-state index contributed by atoms with van der Waals surface area (Å²) >= 11 is 16.5. The molecule has 0 amide bonds. The summed E-state index contributed by atoms with van der Waals surface area (Å²) in [6.07, 6.45) is -0.311. The molecular weight excluding hydrogens is 256 g/mol. The third-order valence-electron chi connectivity index (χ3n) is 1.82. The van der Waals surface area contributed by atoms with Crippen LogP contribution in [0.1, 0.15) is 18.6 Å². The van der Waals surface area contributed by atoms with Gasteiger partial charge in [0.15, 0.2) is 0 Å². The molecule has 5 heteroatoms. The summed E-state index contributed by atoms with van der Waals surface area (Å²) in [5.41, 5.74) is 0.927. The maximum absolute atomic E-state index is 7.40. The summed E-state index contributed by atoms with van der Waals surface area (Å²) in [4.78, 5) is 0. The first kappa shape index (κ1) is 12.6. The van der Waals surface area contributed by atoms with Gasteiger partial charge in [0.25, 0.3) is 3.79 Å². The van der Waals surface area contributed by atoms with E-state index in [0.29, 0.717) is 0 Å². The Morgan fingerprint density at radius 3 is 2.27 bits per heavy atom. The number of rotatable bonds is 2. The van der Waals surface area contributed by atoms with Gasteiger partial charge in [0.05, 0.1) is 0 Å². The zero-order valence-corrected chi connectivity index (χ0v) is 10.3. The van der Waals surface area contributed by atoms with Gasteiger partial charge in [-0.3, -0.25) is 5.41 Å². The number of halogens is 3. The van der Waals surface area contributed by atoms with Crippen LogP contribution < -0.4 is 0 Å². The lowest BCUT2D eigenvalue weighted by Gasteiger charge is -2.19. The van der Waals surface area contributed by atoms with Crippen LogP contribution in [-0.2, 0) is 4.74 Å². The van der Waals surface area contributed by atoms with Gasteiger partial charge in [0.1, 0.15) is 6.10 Å². The van der Waals surface area contributed by atoms with Gasteiger partial charge in [-0.15, -0.1) is 0 Å². The van der Waals surface area contributed by atoms with Crippen LogP contribution in [0.5, 0.6) is 0 Å². The topological polar surface area (TPSA) is 33.1 Å². The standard InChI is InChI=1S/C10H10Cl3NO/c1-7(8-5-3-2-4-6-8)15-9(14)10(11,12)13/h2-7,14H,1H3/t7-/m0/s1. The number of ether oxygens (including phenoxy) is 1. The number of alkyl halides is 3. The van der Waals surface area contributed by atoms with Crippen molar-refractivity contribution in [2.24, 2.45) is 0 Å². The predicted octanol–water partition coefficient (Wildman–Crippen LogP) is 4.11. The highest BCUT2D eigenvalue weighted by molar-refractivity contribution is 6.76. The molecule has 0 heterocycles. The van der Waals surface area contributed by atoms with E-state index < -0.39 is 3.79 Å². The fraction of sp³-hybridized carbons (Fsp3) is 0.300. The summed E-state index contributed by atoms with van der Waals surface area (Å²) in [6, 6.07) is 9.44. The molecule has 15 heavy (non-hydrogen) atoms. The molecule has 1 rings (SSSR count). The normalized spacial score (nSPS) is 13.3. The highest BCUT2D eigenvalue weighted by Crippen LogP contribution is 2.30. The van der Waals surface area contributed by atoms with Gasteiger partial charge in [-0.2, -0.15) is 0 Å². The van der Waals surface area contributed by atoms with Crippen LogP contribution in [0.15, 0.2) is 30.3 Å². The first-order valence-corrected chi connectivity index (χ1v) is 5.42. The van der Waals surface area contributed by atoms with E-state index in [1.165, 1.54) is 0 Å². The summed E-state index contributed by atoms with van der Waals surface area (Å²) in [5, 5.41) is 7.40. The van der Waals surface area contributed by atoms with Crippen molar-refractivity contribution in [3.8, 4) is 0 Å². The maximum Gasteiger partial charge on any atom is 0.265 e. The van der Waals surface area contributed by atoms with Crippen molar-refractivity contribution in [3.05, 3.63) is 35.9 Å².